The van der Waals surface area contributed by atoms with Crippen LogP contribution in [0.15, 0.2) is 4.99 Å². The molecule has 0 aromatic rings. The fourth-order valence-corrected chi connectivity index (χ4v) is 8.10. The van der Waals surface area contributed by atoms with Crippen LogP contribution in [-0.2, 0) is 0 Å². The maximum Gasteiger partial charge on any atom is 0.101 e. The minimum atomic E-state index is -0.129. The molecule has 2 saturated carbocycles. The SMILES string of the molecule is CC(C)(C)P(CC(=NC1CCCCC1)NC1CCCCC1)C(C)(C)C. The fourth-order valence-electron chi connectivity index (χ4n) is 4.67. The van der Waals surface area contributed by atoms with Crippen molar-refractivity contribution in [2.24, 2.45) is 4.99 Å². The molecule has 0 heterocycles. The average molecular weight is 367 g/mol. The van der Waals surface area contributed by atoms with Crippen LogP contribution in [0.1, 0.15) is 106 Å². The second kappa shape index (κ2) is 9.20. The molecule has 0 aromatic carbocycles. The van der Waals surface area contributed by atoms with Gasteiger partial charge in [-0.15, -0.1) is 0 Å². The second-order valence-corrected chi connectivity index (χ2v) is 14.1. The van der Waals surface area contributed by atoms with Crippen LogP contribution >= 0.6 is 7.92 Å². The molecule has 0 aliphatic heterocycles. The molecular weight excluding hydrogens is 323 g/mol. The third-order valence-corrected chi connectivity index (χ3v) is 9.67. The van der Waals surface area contributed by atoms with E-state index in [0.717, 1.165) is 0 Å². The Kier molecular flexibility index (Phi) is 7.81. The van der Waals surface area contributed by atoms with Gasteiger partial charge in [-0.05, 0) is 36.0 Å². The first-order valence-corrected chi connectivity index (χ1v) is 12.3. The Morgan fingerprint density at radius 3 is 1.76 bits per heavy atom. The first-order valence-electron chi connectivity index (χ1n) is 10.8. The highest BCUT2D eigenvalue weighted by Crippen LogP contribution is 2.59. The van der Waals surface area contributed by atoms with E-state index in [9.17, 15) is 0 Å². The Labute approximate surface area is 158 Å². The monoisotopic (exact) mass is 366 g/mol. The van der Waals surface area contributed by atoms with Gasteiger partial charge in [-0.1, -0.05) is 88.0 Å². The quantitative estimate of drug-likeness (QED) is 0.333. The Hall–Kier alpha value is -0.100. The number of amidine groups is 1. The largest absolute Gasteiger partial charge is 0.371 e. The first kappa shape index (κ1) is 21.2. The summed E-state index contributed by atoms with van der Waals surface area (Å²) < 4.78 is 0. The van der Waals surface area contributed by atoms with E-state index in [1.165, 1.54) is 76.2 Å². The lowest BCUT2D eigenvalue weighted by Gasteiger charge is -2.42. The predicted molar refractivity (Wildman–Crippen MR) is 116 cm³/mol. The molecule has 0 radical (unpaired) electrons. The van der Waals surface area contributed by atoms with Crippen molar-refractivity contribution in [3.63, 3.8) is 0 Å². The molecule has 0 bridgehead atoms. The van der Waals surface area contributed by atoms with Gasteiger partial charge in [-0.2, -0.15) is 0 Å². The molecule has 0 unspecified atom stereocenters. The number of hydrogen-bond donors (Lipinski definition) is 1. The van der Waals surface area contributed by atoms with Gasteiger partial charge in [0.25, 0.3) is 0 Å². The van der Waals surface area contributed by atoms with Gasteiger partial charge >= 0.3 is 0 Å². The van der Waals surface area contributed by atoms with Crippen LogP contribution in [0.2, 0.25) is 0 Å². The van der Waals surface area contributed by atoms with Crippen LogP contribution in [-0.4, -0.2) is 34.4 Å². The average Bonchev–Trinajstić information content (AvgIpc) is 2.52. The fraction of sp³-hybridized carbons (Fsp3) is 0.955. The van der Waals surface area contributed by atoms with Gasteiger partial charge in [0.05, 0.1) is 6.04 Å². The normalized spacial score (nSPS) is 22.4. The molecule has 0 saturated heterocycles. The Bertz CT molecular complexity index is 404. The lowest BCUT2D eigenvalue weighted by atomic mass is 9.95. The van der Waals surface area contributed by atoms with Crippen molar-refractivity contribution in [2.75, 3.05) is 6.16 Å². The topological polar surface area (TPSA) is 24.4 Å². The van der Waals surface area contributed by atoms with E-state index < -0.39 is 0 Å². The van der Waals surface area contributed by atoms with E-state index >= 15 is 0 Å². The molecule has 25 heavy (non-hydrogen) atoms. The van der Waals surface area contributed by atoms with Crippen LogP contribution in [0.4, 0.5) is 0 Å². The van der Waals surface area contributed by atoms with Crippen molar-refractivity contribution in [2.45, 2.75) is 128 Å². The summed E-state index contributed by atoms with van der Waals surface area (Å²) in [5.74, 6) is 1.36. The van der Waals surface area contributed by atoms with Crippen LogP contribution < -0.4 is 5.32 Å². The van der Waals surface area contributed by atoms with Crippen molar-refractivity contribution in [1.82, 2.24) is 5.32 Å². The molecule has 2 nitrogen and oxygen atoms in total. The standard InChI is InChI=1S/C22H43N2P/c1-21(2,3)25(22(4,5)6)17-20(23-18-13-9-7-10-14-18)24-19-15-11-8-12-16-19/h18-19H,7-17H2,1-6H3,(H,23,24). The van der Waals surface area contributed by atoms with Crippen LogP contribution in [0.25, 0.3) is 0 Å². The summed E-state index contributed by atoms with van der Waals surface area (Å²) in [6, 6.07) is 1.25. The van der Waals surface area contributed by atoms with Crippen molar-refractivity contribution < 1.29 is 0 Å². The van der Waals surface area contributed by atoms with Gasteiger partial charge in [-0.25, -0.2) is 0 Å². The Morgan fingerprint density at radius 1 is 0.800 bits per heavy atom. The van der Waals surface area contributed by atoms with Crippen molar-refractivity contribution in [3.8, 4) is 0 Å². The van der Waals surface area contributed by atoms with Crippen LogP contribution in [0.5, 0.6) is 0 Å². The molecule has 2 fully saturated rings. The minimum absolute atomic E-state index is 0.129. The van der Waals surface area contributed by atoms with Gasteiger partial charge < -0.3 is 5.32 Å². The molecule has 0 atom stereocenters. The maximum atomic E-state index is 5.32. The zero-order valence-electron chi connectivity index (χ0n) is 17.8. The van der Waals surface area contributed by atoms with E-state index in [1.54, 1.807) is 0 Å². The molecule has 1 N–H and O–H groups in total. The molecule has 0 aromatic heterocycles. The smallest absolute Gasteiger partial charge is 0.101 e. The van der Waals surface area contributed by atoms with Gasteiger partial charge in [-0.3, -0.25) is 4.99 Å². The van der Waals surface area contributed by atoms with E-state index in [0.29, 0.717) is 22.4 Å². The second-order valence-electron chi connectivity index (χ2n) is 10.3. The summed E-state index contributed by atoms with van der Waals surface area (Å²) in [5.41, 5.74) is 0. The third-order valence-electron chi connectivity index (χ3n) is 5.82. The van der Waals surface area contributed by atoms with Crippen LogP contribution in [0.3, 0.4) is 0 Å². The molecular formula is C22H43N2P. The minimum Gasteiger partial charge on any atom is -0.371 e. The molecule has 0 spiro atoms. The molecule has 0 amide bonds. The van der Waals surface area contributed by atoms with Gasteiger partial charge in [0.1, 0.15) is 5.84 Å². The first-order chi connectivity index (χ1) is 11.7. The highest BCUT2D eigenvalue weighted by Gasteiger charge is 2.35. The van der Waals surface area contributed by atoms with Crippen molar-refractivity contribution >= 4 is 13.8 Å². The molecule has 146 valence electrons. The van der Waals surface area contributed by atoms with E-state index in [4.69, 9.17) is 4.99 Å². The summed E-state index contributed by atoms with van der Waals surface area (Å²) in [4.78, 5) is 5.32. The summed E-state index contributed by atoms with van der Waals surface area (Å²) >= 11 is 0. The number of nitrogens with one attached hydrogen (secondary N) is 1. The van der Waals surface area contributed by atoms with Crippen molar-refractivity contribution in [3.05, 3.63) is 0 Å². The van der Waals surface area contributed by atoms with Gasteiger partial charge in [0.2, 0.25) is 0 Å². The van der Waals surface area contributed by atoms with Crippen molar-refractivity contribution in [1.29, 1.82) is 0 Å². The molecule has 2 rings (SSSR count). The van der Waals surface area contributed by atoms with Gasteiger partial charge in [0, 0.05) is 12.2 Å². The highest BCUT2D eigenvalue weighted by molar-refractivity contribution is 7.61. The number of hydrogen-bond acceptors (Lipinski definition) is 1. The molecule has 2 aliphatic rings. The number of nitrogens with zero attached hydrogens (tertiary/aromatic N) is 1. The summed E-state index contributed by atoms with van der Waals surface area (Å²) in [6.07, 6.45) is 14.8. The third kappa shape index (κ3) is 7.20. The number of aliphatic imine (C=N–C) groups is 1. The zero-order chi connectivity index (χ0) is 18.5. The predicted octanol–water partition coefficient (Wildman–Crippen LogP) is 6.72. The zero-order valence-corrected chi connectivity index (χ0v) is 18.7. The van der Waals surface area contributed by atoms with Gasteiger partial charge in [0.15, 0.2) is 0 Å². The summed E-state index contributed by atoms with van der Waals surface area (Å²) in [7, 11) is -0.129. The Morgan fingerprint density at radius 2 is 1.28 bits per heavy atom. The number of rotatable bonds is 4. The Balaban J connectivity index is 2.15. The lowest BCUT2D eigenvalue weighted by molar-refractivity contribution is 0.408. The maximum absolute atomic E-state index is 5.32. The van der Waals surface area contributed by atoms with Crippen LogP contribution in [0, 0.1) is 0 Å². The van der Waals surface area contributed by atoms with E-state index in [2.05, 4.69) is 46.9 Å². The summed E-state index contributed by atoms with van der Waals surface area (Å²) in [6.45, 7) is 14.6. The highest BCUT2D eigenvalue weighted by atomic mass is 31.1. The lowest BCUT2D eigenvalue weighted by Crippen LogP contribution is -2.41. The van der Waals surface area contributed by atoms with E-state index in [1.807, 2.05) is 0 Å². The molecule has 2 aliphatic carbocycles. The van der Waals surface area contributed by atoms with E-state index in [-0.39, 0.29) is 7.92 Å². The summed E-state index contributed by atoms with van der Waals surface area (Å²) in [5, 5.41) is 4.68. The molecule has 3 heteroatoms.